The lowest BCUT2D eigenvalue weighted by Gasteiger charge is -2.32. The molecule has 5 nitrogen and oxygen atoms in total. The molecule has 0 radical (unpaired) electrons. The minimum atomic E-state index is -3.45. The van der Waals surface area contributed by atoms with Crippen LogP contribution in [-0.4, -0.2) is 31.9 Å². The minimum absolute atomic E-state index is 0.0648. The number of benzene rings is 2. The second kappa shape index (κ2) is 9.94. The molecule has 0 bridgehead atoms. The van der Waals surface area contributed by atoms with E-state index >= 15 is 0 Å². The molecule has 1 aliphatic heterocycles. The zero-order valence-corrected chi connectivity index (χ0v) is 17.8. The Kier molecular flexibility index (Phi) is 7.89. The molecular formula is C22H31NO4S. The standard InChI is InChI=1S/C16H25NO4S.C6H6/c1-4-6-7-16(5-2)11-22(19,20)15-9-13(18)14(21-3)8-12(15)10-17-16;1-2-4-6-5-3-1/h8-9,17-18H,4-7,10-11H2,1-3H3;1-6H/t16-;/m1./s1. The Hall–Kier alpha value is -2.05. The number of methoxy groups -OCH3 is 1. The quantitative estimate of drug-likeness (QED) is 0.775. The Morgan fingerprint density at radius 2 is 1.71 bits per heavy atom. The lowest BCUT2D eigenvalue weighted by molar-refractivity contribution is 0.313. The smallest absolute Gasteiger partial charge is 0.180 e. The first-order valence-corrected chi connectivity index (χ1v) is 11.4. The van der Waals surface area contributed by atoms with E-state index in [1.807, 2.05) is 43.3 Å². The SMILES string of the molecule is CCCC[C@]1(CC)CS(=O)(=O)c2cc(O)c(OC)cc2CN1.c1ccccc1. The van der Waals surface area contributed by atoms with Crippen LogP contribution in [0.5, 0.6) is 11.5 Å². The molecule has 2 aromatic carbocycles. The molecule has 0 saturated heterocycles. The van der Waals surface area contributed by atoms with Crippen LogP contribution >= 0.6 is 0 Å². The van der Waals surface area contributed by atoms with E-state index in [0.717, 1.165) is 25.7 Å². The van der Waals surface area contributed by atoms with Crippen molar-refractivity contribution in [1.29, 1.82) is 0 Å². The molecule has 0 unspecified atom stereocenters. The number of ether oxygens (including phenoxy) is 1. The van der Waals surface area contributed by atoms with Crippen molar-refractivity contribution in [1.82, 2.24) is 5.32 Å². The number of rotatable bonds is 5. The number of fused-ring (bicyclic) bond motifs is 1. The van der Waals surface area contributed by atoms with Crippen molar-refractivity contribution in [2.75, 3.05) is 12.9 Å². The molecule has 6 heteroatoms. The van der Waals surface area contributed by atoms with Crippen LogP contribution in [0.1, 0.15) is 45.1 Å². The molecule has 0 aliphatic carbocycles. The highest BCUT2D eigenvalue weighted by atomic mass is 32.2. The van der Waals surface area contributed by atoms with Crippen LogP contribution in [0.25, 0.3) is 0 Å². The summed E-state index contributed by atoms with van der Waals surface area (Å²) in [5, 5.41) is 13.4. The van der Waals surface area contributed by atoms with Crippen LogP contribution in [0.15, 0.2) is 53.4 Å². The van der Waals surface area contributed by atoms with Gasteiger partial charge in [-0.15, -0.1) is 0 Å². The van der Waals surface area contributed by atoms with Crippen molar-refractivity contribution in [2.45, 2.75) is 56.5 Å². The zero-order chi connectivity index (χ0) is 20.6. The maximum atomic E-state index is 12.8. The first-order chi connectivity index (χ1) is 13.4. The molecule has 1 atom stereocenters. The number of aromatic hydroxyl groups is 1. The monoisotopic (exact) mass is 405 g/mol. The number of unbranched alkanes of at least 4 members (excludes halogenated alkanes) is 1. The summed E-state index contributed by atoms with van der Waals surface area (Å²) in [5.74, 6) is 0.227. The van der Waals surface area contributed by atoms with Crippen LogP contribution < -0.4 is 10.1 Å². The van der Waals surface area contributed by atoms with E-state index in [4.69, 9.17) is 4.74 Å². The second-order valence-electron chi connectivity index (χ2n) is 7.14. The first kappa shape index (κ1) is 22.2. The average Bonchev–Trinajstić information content (AvgIpc) is 2.82. The van der Waals surface area contributed by atoms with Gasteiger partial charge in [0.1, 0.15) is 0 Å². The van der Waals surface area contributed by atoms with Gasteiger partial charge in [0, 0.05) is 18.2 Å². The maximum Gasteiger partial charge on any atom is 0.180 e. The first-order valence-electron chi connectivity index (χ1n) is 9.75. The van der Waals surface area contributed by atoms with Crippen LogP contribution in [0.3, 0.4) is 0 Å². The van der Waals surface area contributed by atoms with E-state index < -0.39 is 15.4 Å². The molecular weight excluding hydrogens is 374 g/mol. The van der Waals surface area contributed by atoms with Crippen molar-refractivity contribution in [3.8, 4) is 11.5 Å². The molecule has 1 aliphatic rings. The number of hydrogen-bond donors (Lipinski definition) is 2. The normalized spacial score (nSPS) is 20.2. The highest BCUT2D eigenvalue weighted by Crippen LogP contribution is 2.36. The van der Waals surface area contributed by atoms with Crippen LogP contribution in [-0.2, 0) is 16.4 Å². The van der Waals surface area contributed by atoms with Crippen molar-refractivity contribution < 1.29 is 18.3 Å². The molecule has 28 heavy (non-hydrogen) atoms. The second-order valence-corrected chi connectivity index (χ2v) is 9.09. The summed E-state index contributed by atoms with van der Waals surface area (Å²) in [4.78, 5) is 0.213. The van der Waals surface area contributed by atoms with Gasteiger partial charge in [0.25, 0.3) is 0 Å². The largest absolute Gasteiger partial charge is 0.504 e. The van der Waals surface area contributed by atoms with Crippen molar-refractivity contribution in [3.05, 3.63) is 54.1 Å². The fourth-order valence-electron chi connectivity index (χ4n) is 3.42. The van der Waals surface area contributed by atoms with Gasteiger partial charge in [-0.25, -0.2) is 8.42 Å². The zero-order valence-electron chi connectivity index (χ0n) is 16.9. The summed E-state index contributed by atoms with van der Waals surface area (Å²) >= 11 is 0. The predicted molar refractivity (Wildman–Crippen MR) is 113 cm³/mol. The third kappa shape index (κ3) is 5.49. The van der Waals surface area contributed by atoms with E-state index in [9.17, 15) is 13.5 Å². The molecule has 0 saturated carbocycles. The van der Waals surface area contributed by atoms with Crippen molar-refractivity contribution >= 4 is 9.84 Å². The fourth-order valence-corrected chi connectivity index (χ4v) is 5.58. The van der Waals surface area contributed by atoms with Gasteiger partial charge in [0.2, 0.25) is 0 Å². The van der Waals surface area contributed by atoms with E-state index in [2.05, 4.69) is 12.2 Å². The summed E-state index contributed by atoms with van der Waals surface area (Å²) in [5.41, 5.74) is 0.248. The highest BCUT2D eigenvalue weighted by Gasteiger charge is 2.38. The van der Waals surface area contributed by atoms with Crippen molar-refractivity contribution in [2.24, 2.45) is 0 Å². The Balaban J connectivity index is 0.000000397. The molecule has 0 amide bonds. The third-order valence-corrected chi connectivity index (χ3v) is 7.15. The lowest BCUT2D eigenvalue weighted by Crippen LogP contribution is -2.48. The van der Waals surface area contributed by atoms with Crippen molar-refractivity contribution in [3.63, 3.8) is 0 Å². The number of nitrogens with one attached hydrogen (secondary N) is 1. The summed E-state index contributed by atoms with van der Waals surface area (Å²) in [6, 6.07) is 14.9. The predicted octanol–water partition coefficient (Wildman–Crippen LogP) is 4.30. The topological polar surface area (TPSA) is 75.6 Å². The van der Waals surface area contributed by atoms with Gasteiger partial charge < -0.3 is 15.2 Å². The molecule has 0 spiro atoms. The number of phenols is 1. The lowest BCUT2D eigenvalue weighted by atomic mass is 9.91. The highest BCUT2D eigenvalue weighted by molar-refractivity contribution is 7.91. The van der Waals surface area contributed by atoms with Gasteiger partial charge in [-0.1, -0.05) is 63.1 Å². The maximum absolute atomic E-state index is 12.8. The van der Waals surface area contributed by atoms with Crippen LogP contribution in [0, 0.1) is 0 Å². The summed E-state index contributed by atoms with van der Waals surface area (Å²) in [7, 11) is -2.00. The van der Waals surface area contributed by atoms with Gasteiger partial charge in [-0.2, -0.15) is 0 Å². The molecule has 2 N–H and O–H groups in total. The van der Waals surface area contributed by atoms with E-state index in [0.29, 0.717) is 17.9 Å². The Morgan fingerprint density at radius 3 is 2.21 bits per heavy atom. The number of sulfone groups is 1. The Labute approximate surface area is 168 Å². The van der Waals surface area contributed by atoms with Crippen LogP contribution in [0.4, 0.5) is 0 Å². The summed E-state index contributed by atoms with van der Waals surface area (Å²) < 4.78 is 30.7. The van der Waals surface area contributed by atoms with E-state index in [1.54, 1.807) is 6.07 Å². The van der Waals surface area contributed by atoms with Crippen LogP contribution in [0.2, 0.25) is 0 Å². The average molecular weight is 406 g/mol. The van der Waals surface area contributed by atoms with E-state index in [1.165, 1.54) is 13.2 Å². The Bertz CT molecular complexity index is 826. The summed E-state index contributed by atoms with van der Waals surface area (Å²) in [6.07, 6.45) is 3.60. The van der Waals surface area contributed by atoms with Gasteiger partial charge in [-0.3, -0.25) is 0 Å². The molecule has 1 heterocycles. The molecule has 154 valence electrons. The number of phenolic OH excluding ortho intramolecular Hbond substituents is 1. The number of hydrogen-bond acceptors (Lipinski definition) is 5. The molecule has 2 aromatic rings. The Morgan fingerprint density at radius 1 is 1.11 bits per heavy atom. The molecule has 0 aromatic heterocycles. The fraction of sp³-hybridized carbons (Fsp3) is 0.455. The van der Waals surface area contributed by atoms with Gasteiger partial charge in [0.15, 0.2) is 21.3 Å². The summed E-state index contributed by atoms with van der Waals surface area (Å²) in [6.45, 7) is 4.58. The third-order valence-electron chi connectivity index (χ3n) is 5.17. The molecule has 3 rings (SSSR count). The van der Waals surface area contributed by atoms with Gasteiger partial charge in [-0.05, 0) is 24.5 Å². The van der Waals surface area contributed by atoms with Gasteiger partial charge in [0.05, 0.1) is 17.8 Å². The molecule has 0 fully saturated rings. The van der Waals surface area contributed by atoms with Gasteiger partial charge >= 0.3 is 0 Å². The minimum Gasteiger partial charge on any atom is -0.504 e. The van der Waals surface area contributed by atoms with E-state index in [-0.39, 0.29) is 16.4 Å².